The molecule has 0 saturated carbocycles. The number of hydrogen-bond acceptors (Lipinski definition) is 3. The van der Waals surface area contributed by atoms with E-state index in [-0.39, 0.29) is 18.7 Å². The van der Waals surface area contributed by atoms with Crippen LogP contribution < -0.4 is 10.1 Å². The van der Waals surface area contributed by atoms with Gasteiger partial charge in [-0.05, 0) is 50.6 Å². The Balaban J connectivity index is 1.93. The lowest BCUT2D eigenvalue weighted by Crippen LogP contribution is -2.49. The Hall–Kier alpha value is -1.90. The summed E-state index contributed by atoms with van der Waals surface area (Å²) in [6.07, 6.45) is -3.82. The van der Waals surface area contributed by atoms with E-state index >= 15 is 0 Å². The van der Waals surface area contributed by atoms with Gasteiger partial charge < -0.3 is 10.1 Å². The van der Waals surface area contributed by atoms with Crippen LogP contribution >= 0.6 is 0 Å². The highest BCUT2D eigenvalue weighted by Crippen LogP contribution is 2.33. The molecule has 2 unspecified atom stereocenters. The van der Waals surface area contributed by atoms with E-state index in [1.165, 1.54) is 29.2 Å². The summed E-state index contributed by atoms with van der Waals surface area (Å²) in [5.74, 6) is -1.93. The molecule has 9 heteroatoms. The lowest BCUT2D eigenvalue weighted by atomic mass is 9.96. The number of alkyl halides is 5. The molecule has 0 bridgehead atoms. The van der Waals surface area contributed by atoms with Gasteiger partial charge in [-0.2, -0.15) is 22.0 Å². The molecule has 0 aromatic heterocycles. The van der Waals surface area contributed by atoms with Crippen LogP contribution in [0.3, 0.4) is 0 Å². The summed E-state index contributed by atoms with van der Waals surface area (Å²) < 4.78 is 66.9. The Bertz CT molecular complexity index is 577. The molecule has 1 aromatic rings. The quantitative estimate of drug-likeness (QED) is 0.804. The Morgan fingerprint density at radius 1 is 1.28 bits per heavy atom. The van der Waals surface area contributed by atoms with Crippen molar-refractivity contribution in [1.82, 2.24) is 4.90 Å². The molecule has 1 amide bonds. The normalized spacial score (nSPS) is 20.4. The largest absolute Gasteiger partial charge is 0.435 e. The number of benzene rings is 1. The average molecular weight is 366 g/mol. The fourth-order valence-corrected chi connectivity index (χ4v) is 2.76. The van der Waals surface area contributed by atoms with Gasteiger partial charge in [0.1, 0.15) is 5.75 Å². The predicted molar refractivity (Wildman–Crippen MR) is 81.5 cm³/mol. The van der Waals surface area contributed by atoms with Crippen molar-refractivity contribution >= 4 is 11.6 Å². The Labute approximate surface area is 141 Å². The number of likely N-dealkylation sites (tertiary alicyclic amines) is 1. The van der Waals surface area contributed by atoms with E-state index in [1.54, 1.807) is 6.92 Å². The number of carbonyl (C=O) groups is 1. The van der Waals surface area contributed by atoms with Gasteiger partial charge in [-0.3, -0.25) is 9.69 Å². The molecule has 0 spiro atoms. The number of nitrogens with zero attached hydrogens (tertiary/aromatic N) is 1. The molecule has 1 aromatic carbocycles. The predicted octanol–water partition coefficient (Wildman–Crippen LogP) is 3.89. The van der Waals surface area contributed by atoms with Gasteiger partial charge in [0.25, 0.3) is 0 Å². The smallest absolute Gasteiger partial charge is 0.393 e. The first kappa shape index (κ1) is 19.4. The molecule has 1 aliphatic heterocycles. The number of halogens is 5. The summed E-state index contributed by atoms with van der Waals surface area (Å²) in [6.45, 7) is -1.19. The summed E-state index contributed by atoms with van der Waals surface area (Å²) in [5, 5.41) is 2.57. The SMILES string of the molecule is CC(C(=O)Nc1ccc(OC(F)F)cc1)N1CCCC(C(F)(F)F)C1. The Kier molecular flexibility index (Phi) is 6.21. The van der Waals surface area contributed by atoms with Crippen LogP contribution in [0.2, 0.25) is 0 Å². The molecule has 0 radical (unpaired) electrons. The average Bonchev–Trinajstić information content (AvgIpc) is 2.55. The fraction of sp³-hybridized carbons (Fsp3) is 0.562. The molecule has 2 rings (SSSR count). The van der Waals surface area contributed by atoms with E-state index in [0.29, 0.717) is 18.7 Å². The molecule has 1 N–H and O–H groups in total. The molecule has 1 aliphatic rings. The minimum Gasteiger partial charge on any atom is -0.435 e. The number of ether oxygens (including phenoxy) is 1. The second kappa shape index (κ2) is 7.99. The molecule has 0 aliphatic carbocycles. The number of nitrogens with one attached hydrogen (secondary N) is 1. The zero-order valence-corrected chi connectivity index (χ0v) is 13.5. The van der Waals surface area contributed by atoms with Crippen LogP contribution in [-0.4, -0.2) is 42.7 Å². The van der Waals surface area contributed by atoms with Crippen molar-refractivity contribution in [3.63, 3.8) is 0 Å². The maximum Gasteiger partial charge on any atom is 0.393 e. The van der Waals surface area contributed by atoms with Crippen molar-refractivity contribution in [3.8, 4) is 5.75 Å². The van der Waals surface area contributed by atoms with E-state index in [0.717, 1.165) is 0 Å². The fourth-order valence-electron chi connectivity index (χ4n) is 2.76. The van der Waals surface area contributed by atoms with Gasteiger partial charge in [-0.15, -0.1) is 0 Å². The van der Waals surface area contributed by atoms with Crippen molar-refractivity contribution in [2.24, 2.45) is 5.92 Å². The van der Waals surface area contributed by atoms with Gasteiger partial charge in [0.2, 0.25) is 5.91 Å². The van der Waals surface area contributed by atoms with Crippen LogP contribution in [0.1, 0.15) is 19.8 Å². The molecule has 4 nitrogen and oxygen atoms in total. The highest BCUT2D eigenvalue weighted by Gasteiger charge is 2.43. The number of anilines is 1. The molecule has 1 saturated heterocycles. The first-order chi connectivity index (χ1) is 11.7. The molecular weight excluding hydrogens is 347 g/mol. The van der Waals surface area contributed by atoms with Crippen LogP contribution in [-0.2, 0) is 4.79 Å². The van der Waals surface area contributed by atoms with Crippen molar-refractivity contribution in [3.05, 3.63) is 24.3 Å². The van der Waals surface area contributed by atoms with Gasteiger partial charge in [-0.25, -0.2) is 0 Å². The molecule has 2 atom stereocenters. The minimum atomic E-state index is -4.27. The van der Waals surface area contributed by atoms with Crippen LogP contribution in [0.15, 0.2) is 24.3 Å². The van der Waals surface area contributed by atoms with Gasteiger partial charge in [-0.1, -0.05) is 0 Å². The van der Waals surface area contributed by atoms with Crippen LogP contribution in [0.4, 0.5) is 27.6 Å². The lowest BCUT2D eigenvalue weighted by molar-refractivity contribution is -0.188. The highest BCUT2D eigenvalue weighted by atomic mass is 19.4. The van der Waals surface area contributed by atoms with Gasteiger partial charge >= 0.3 is 12.8 Å². The Morgan fingerprint density at radius 3 is 2.48 bits per heavy atom. The van der Waals surface area contributed by atoms with Crippen molar-refractivity contribution in [1.29, 1.82) is 0 Å². The van der Waals surface area contributed by atoms with Gasteiger partial charge in [0.15, 0.2) is 0 Å². The van der Waals surface area contributed by atoms with E-state index in [1.807, 2.05) is 0 Å². The van der Waals surface area contributed by atoms with E-state index in [9.17, 15) is 26.7 Å². The van der Waals surface area contributed by atoms with Gasteiger partial charge in [0.05, 0.1) is 12.0 Å². The van der Waals surface area contributed by atoms with Crippen molar-refractivity contribution in [2.45, 2.75) is 38.6 Å². The second-order valence-electron chi connectivity index (χ2n) is 5.94. The minimum absolute atomic E-state index is 0.0508. The summed E-state index contributed by atoms with van der Waals surface area (Å²) in [4.78, 5) is 13.8. The summed E-state index contributed by atoms with van der Waals surface area (Å²) in [6, 6.07) is 4.58. The summed E-state index contributed by atoms with van der Waals surface area (Å²) in [5.41, 5.74) is 0.350. The number of carbonyl (C=O) groups excluding carboxylic acids is 1. The first-order valence-electron chi connectivity index (χ1n) is 7.83. The summed E-state index contributed by atoms with van der Waals surface area (Å²) >= 11 is 0. The Morgan fingerprint density at radius 2 is 1.92 bits per heavy atom. The van der Waals surface area contributed by atoms with E-state index < -0.39 is 30.7 Å². The molecule has 1 heterocycles. The maximum absolute atomic E-state index is 12.9. The second-order valence-corrected chi connectivity index (χ2v) is 5.94. The van der Waals surface area contributed by atoms with Crippen LogP contribution in [0.5, 0.6) is 5.75 Å². The molecule has 140 valence electrons. The van der Waals surface area contributed by atoms with E-state index in [4.69, 9.17) is 0 Å². The number of hydrogen-bond donors (Lipinski definition) is 1. The molecule has 1 fully saturated rings. The third kappa shape index (κ3) is 5.55. The summed E-state index contributed by atoms with van der Waals surface area (Å²) in [7, 11) is 0. The van der Waals surface area contributed by atoms with E-state index in [2.05, 4.69) is 10.1 Å². The number of rotatable bonds is 5. The maximum atomic E-state index is 12.9. The topological polar surface area (TPSA) is 41.6 Å². The first-order valence-corrected chi connectivity index (χ1v) is 7.83. The number of piperidine rings is 1. The third-order valence-corrected chi connectivity index (χ3v) is 4.19. The van der Waals surface area contributed by atoms with Crippen molar-refractivity contribution in [2.75, 3.05) is 18.4 Å². The zero-order chi connectivity index (χ0) is 18.6. The van der Waals surface area contributed by atoms with Gasteiger partial charge in [0, 0.05) is 12.2 Å². The highest BCUT2D eigenvalue weighted by molar-refractivity contribution is 5.94. The van der Waals surface area contributed by atoms with Crippen molar-refractivity contribution < 1.29 is 31.5 Å². The lowest BCUT2D eigenvalue weighted by Gasteiger charge is -2.36. The van der Waals surface area contributed by atoms with Crippen LogP contribution in [0, 0.1) is 5.92 Å². The monoisotopic (exact) mass is 366 g/mol. The zero-order valence-electron chi connectivity index (χ0n) is 13.5. The van der Waals surface area contributed by atoms with Crippen LogP contribution in [0.25, 0.3) is 0 Å². The standard InChI is InChI=1S/C16H19F5N2O2/c1-10(23-8-2-3-11(9-23)16(19,20)21)14(24)22-12-4-6-13(7-5-12)25-15(17)18/h4-7,10-11,15H,2-3,8-9H2,1H3,(H,22,24). The molecular formula is C16H19F5N2O2. The third-order valence-electron chi connectivity index (χ3n) is 4.19. The number of amides is 1. The molecule has 25 heavy (non-hydrogen) atoms.